The third-order valence-electron chi connectivity index (χ3n) is 1.60. The van der Waals surface area contributed by atoms with E-state index in [1.807, 2.05) is 0 Å². The van der Waals surface area contributed by atoms with Crippen molar-refractivity contribution in [3.05, 3.63) is 23.8 Å². The molecule has 0 fully saturated rings. The smallest absolute Gasteiger partial charge is 0.157 e. The lowest BCUT2D eigenvalue weighted by molar-refractivity contribution is 0.403. The van der Waals surface area contributed by atoms with Gasteiger partial charge < -0.3 is 15.3 Å². The summed E-state index contributed by atoms with van der Waals surface area (Å²) in [7, 11) is 2.41. The van der Waals surface area contributed by atoms with Gasteiger partial charge in [-0.2, -0.15) is 0 Å². The zero-order chi connectivity index (χ0) is 8.97. The Morgan fingerprint density at radius 2 is 2.00 bits per heavy atom. The Kier molecular flexibility index (Phi) is 3.32. The molecule has 0 aliphatic heterocycles. The van der Waals surface area contributed by atoms with Crippen molar-refractivity contribution in [3.8, 4) is 11.5 Å². The summed E-state index contributed by atoms with van der Waals surface area (Å²) in [4.78, 5) is 0. The fourth-order valence-corrected chi connectivity index (χ4v) is 1.09. The van der Waals surface area contributed by atoms with Gasteiger partial charge in [0.2, 0.25) is 0 Å². The van der Waals surface area contributed by atoms with Gasteiger partial charge in [-0.25, -0.2) is 0 Å². The molecule has 0 spiro atoms. The first-order valence-electron chi connectivity index (χ1n) is 3.68. The second-order valence-electron chi connectivity index (χ2n) is 2.53. The minimum atomic E-state index is -0.0717. The Hall–Kier alpha value is -0.790. The van der Waals surface area contributed by atoms with Crippen molar-refractivity contribution < 1.29 is 10.2 Å². The van der Waals surface area contributed by atoms with Gasteiger partial charge in [0.05, 0.1) is 0 Å². The lowest BCUT2D eigenvalue weighted by Crippen LogP contribution is -2.03. The van der Waals surface area contributed by atoms with Crippen molar-refractivity contribution in [2.45, 2.75) is 6.42 Å². The molecule has 0 amide bonds. The van der Waals surface area contributed by atoms with Crippen LogP contribution in [0.2, 0.25) is 0 Å². The number of phenols is 2. The SMILES string of the molecule is Oc1ccc(CCNP)cc1O. The summed E-state index contributed by atoms with van der Waals surface area (Å²) in [6.45, 7) is 0.828. The standard InChI is InChI=1S/C8H12NO2P/c10-7-2-1-6(3-4-9-12)5-8(7)11/h1-2,5,9-11H,3-4,12H2. The fourth-order valence-electron chi connectivity index (χ4n) is 0.941. The van der Waals surface area contributed by atoms with Crippen molar-refractivity contribution in [2.24, 2.45) is 0 Å². The highest BCUT2D eigenvalue weighted by molar-refractivity contribution is 7.13. The zero-order valence-electron chi connectivity index (χ0n) is 6.62. The van der Waals surface area contributed by atoms with Crippen molar-refractivity contribution >= 4 is 9.39 Å². The lowest BCUT2D eigenvalue weighted by Gasteiger charge is -2.02. The largest absolute Gasteiger partial charge is 0.504 e. The van der Waals surface area contributed by atoms with Gasteiger partial charge >= 0.3 is 0 Å². The molecule has 3 N–H and O–H groups in total. The van der Waals surface area contributed by atoms with E-state index in [0.29, 0.717) is 0 Å². The molecule has 12 heavy (non-hydrogen) atoms. The van der Waals surface area contributed by atoms with Crippen LogP contribution >= 0.6 is 9.39 Å². The second kappa shape index (κ2) is 4.29. The van der Waals surface area contributed by atoms with Gasteiger partial charge in [0.1, 0.15) is 0 Å². The number of aromatic hydroxyl groups is 2. The molecule has 0 bridgehead atoms. The maximum Gasteiger partial charge on any atom is 0.157 e. The maximum absolute atomic E-state index is 9.12. The third kappa shape index (κ3) is 2.36. The summed E-state index contributed by atoms with van der Waals surface area (Å²) in [6.07, 6.45) is 0.831. The number of benzene rings is 1. The van der Waals surface area contributed by atoms with Gasteiger partial charge in [0.25, 0.3) is 0 Å². The molecule has 66 valence electrons. The molecule has 0 radical (unpaired) electrons. The summed E-state index contributed by atoms with van der Waals surface area (Å²) in [5.41, 5.74) is 1.00. The monoisotopic (exact) mass is 185 g/mol. The third-order valence-corrected chi connectivity index (χ3v) is 1.89. The molecule has 1 atom stereocenters. The molecule has 1 rings (SSSR count). The molecule has 0 aliphatic carbocycles. The van der Waals surface area contributed by atoms with E-state index in [1.165, 1.54) is 6.07 Å². The van der Waals surface area contributed by atoms with Gasteiger partial charge in [-0.15, -0.1) is 0 Å². The normalized spacial score (nSPS) is 10.1. The first kappa shape index (κ1) is 9.30. The number of hydrogen-bond acceptors (Lipinski definition) is 3. The molecule has 3 nitrogen and oxygen atoms in total. The van der Waals surface area contributed by atoms with Crippen LogP contribution in [-0.4, -0.2) is 16.8 Å². The van der Waals surface area contributed by atoms with Crippen LogP contribution in [0, 0.1) is 0 Å². The summed E-state index contributed by atoms with van der Waals surface area (Å²) in [5.74, 6) is -0.131. The number of nitrogens with one attached hydrogen (secondary N) is 1. The molecule has 0 saturated carbocycles. The Bertz CT molecular complexity index is 265. The van der Waals surface area contributed by atoms with Crippen molar-refractivity contribution in [2.75, 3.05) is 6.54 Å². The van der Waals surface area contributed by atoms with E-state index >= 15 is 0 Å². The highest BCUT2D eigenvalue weighted by Gasteiger charge is 1.99. The van der Waals surface area contributed by atoms with Crippen LogP contribution in [0.25, 0.3) is 0 Å². The van der Waals surface area contributed by atoms with Gasteiger partial charge in [0, 0.05) is 6.54 Å². The van der Waals surface area contributed by atoms with E-state index in [0.717, 1.165) is 18.5 Å². The van der Waals surface area contributed by atoms with Gasteiger partial charge in [0.15, 0.2) is 11.5 Å². The predicted molar refractivity (Wildman–Crippen MR) is 51.2 cm³/mol. The topological polar surface area (TPSA) is 52.5 Å². The Morgan fingerprint density at radius 1 is 1.25 bits per heavy atom. The fraction of sp³-hybridized carbons (Fsp3) is 0.250. The molecule has 1 unspecified atom stereocenters. The van der Waals surface area contributed by atoms with Crippen LogP contribution in [-0.2, 0) is 6.42 Å². The Balaban J connectivity index is 2.69. The Labute approximate surface area is 73.7 Å². The second-order valence-corrected chi connectivity index (χ2v) is 2.94. The van der Waals surface area contributed by atoms with Gasteiger partial charge in [-0.1, -0.05) is 15.5 Å². The number of phenolic OH excluding ortho intramolecular Hbond substituents is 2. The van der Waals surface area contributed by atoms with E-state index < -0.39 is 0 Å². The number of rotatable bonds is 3. The van der Waals surface area contributed by atoms with Gasteiger partial charge in [-0.05, 0) is 24.1 Å². The van der Waals surface area contributed by atoms with Crippen LogP contribution in [0.1, 0.15) is 5.56 Å². The molecule has 1 aromatic rings. The molecule has 0 heterocycles. The summed E-state index contributed by atoms with van der Waals surface area (Å²) in [5, 5.41) is 21.0. The minimum absolute atomic E-state index is 0.0590. The van der Waals surface area contributed by atoms with Gasteiger partial charge in [-0.3, -0.25) is 0 Å². The molecule has 1 aromatic carbocycles. The van der Waals surface area contributed by atoms with E-state index in [9.17, 15) is 0 Å². The van der Waals surface area contributed by atoms with Crippen LogP contribution in [0.3, 0.4) is 0 Å². The summed E-state index contributed by atoms with van der Waals surface area (Å²) >= 11 is 0. The highest BCUT2D eigenvalue weighted by Crippen LogP contribution is 2.24. The van der Waals surface area contributed by atoms with Crippen LogP contribution in [0.15, 0.2) is 18.2 Å². The first-order chi connectivity index (χ1) is 5.74. The molecule has 0 saturated heterocycles. The summed E-state index contributed by atoms with van der Waals surface area (Å²) in [6, 6.07) is 4.85. The molecule has 0 aromatic heterocycles. The van der Waals surface area contributed by atoms with Crippen LogP contribution in [0.4, 0.5) is 0 Å². The van der Waals surface area contributed by atoms with Crippen molar-refractivity contribution in [1.82, 2.24) is 5.09 Å². The van der Waals surface area contributed by atoms with Crippen molar-refractivity contribution in [3.63, 3.8) is 0 Å². The highest BCUT2D eigenvalue weighted by atomic mass is 31.0. The molecular formula is C8H12NO2P. The molecular weight excluding hydrogens is 173 g/mol. The first-order valence-corrected chi connectivity index (χ1v) is 4.26. The Morgan fingerprint density at radius 3 is 2.58 bits per heavy atom. The van der Waals surface area contributed by atoms with E-state index in [-0.39, 0.29) is 11.5 Å². The van der Waals surface area contributed by atoms with Crippen molar-refractivity contribution in [1.29, 1.82) is 0 Å². The maximum atomic E-state index is 9.12. The van der Waals surface area contributed by atoms with Crippen LogP contribution in [0.5, 0.6) is 11.5 Å². The van der Waals surface area contributed by atoms with Crippen LogP contribution < -0.4 is 5.09 Å². The number of hydrogen-bond donors (Lipinski definition) is 3. The molecule has 4 heteroatoms. The minimum Gasteiger partial charge on any atom is -0.504 e. The average molecular weight is 185 g/mol. The predicted octanol–water partition coefficient (Wildman–Crippen LogP) is 1.02. The van der Waals surface area contributed by atoms with E-state index in [4.69, 9.17) is 10.2 Å². The average Bonchev–Trinajstić information content (AvgIpc) is 2.07. The lowest BCUT2D eigenvalue weighted by atomic mass is 10.1. The van der Waals surface area contributed by atoms with E-state index in [2.05, 4.69) is 14.5 Å². The summed E-state index contributed by atoms with van der Waals surface area (Å²) < 4.78 is 0. The zero-order valence-corrected chi connectivity index (χ0v) is 7.77. The molecule has 0 aliphatic rings. The van der Waals surface area contributed by atoms with E-state index in [1.54, 1.807) is 12.1 Å². The quantitative estimate of drug-likeness (QED) is 0.486.